The van der Waals surface area contributed by atoms with E-state index in [1.165, 1.54) is 42.0 Å². The quantitative estimate of drug-likeness (QED) is 0.528. The number of nitrogens with zero attached hydrogens (tertiary/aromatic N) is 3. The number of halogens is 3. The molecule has 32 heavy (non-hydrogen) atoms. The molecule has 3 rings (SSSR count). The van der Waals surface area contributed by atoms with Crippen LogP contribution in [0.5, 0.6) is 5.75 Å². The van der Waals surface area contributed by atoms with Gasteiger partial charge in [-0.2, -0.15) is 0 Å². The first-order valence-corrected chi connectivity index (χ1v) is 10.6. The minimum absolute atomic E-state index is 0.212. The van der Waals surface area contributed by atoms with Crippen molar-refractivity contribution in [2.45, 2.75) is 32.3 Å². The SMILES string of the molecule is CC(=O)NC(Cc1ccc(CN(C)C)cc1)c1nnc(-c2cccc(OC(F)(F)F)c2)s1. The van der Waals surface area contributed by atoms with Crippen molar-refractivity contribution in [1.29, 1.82) is 0 Å². The van der Waals surface area contributed by atoms with Gasteiger partial charge in [-0.1, -0.05) is 47.7 Å². The first-order valence-electron chi connectivity index (χ1n) is 9.78. The van der Waals surface area contributed by atoms with Crippen LogP contribution >= 0.6 is 11.3 Å². The molecule has 0 saturated carbocycles. The van der Waals surface area contributed by atoms with Gasteiger partial charge in [-0.15, -0.1) is 23.4 Å². The van der Waals surface area contributed by atoms with Crippen molar-refractivity contribution in [3.05, 3.63) is 64.7 Å². The standard InChI is InChI=1S/C22H23F3N4O2S/c1-14(30)26-19(11-15-7-9-16(10-8-15)13-29(2)3)21-28-27-20(32-21)17-5-4-6-18(12-17)31-22(23,24)25/h4-10,12,19H,11,13H2,1-3H3,(H,26,30). The molecule has 6 nitrogen and oxygen atoms in total. The fourth-order valence-electron chi connectivity index (χ4n) is 3.15. The number of carbonyl (C=O) groups excluding carboxylic acids is 1. The molecule has 3 aromatic rings. The molecule has 10 heteroatoms. The molecule has 1 amide bonds. The number of aromatic nitrogens is 2. The Morgan fingerprint density at radius 2 is 1.81 bits per heavy atom. The van der Waals surface area contributed by atoms with Crippen LogP contribution in [0.25, 0.3) is 10.6 Å². The molecular formula is C22H23F3N4O2S. The lowest BCUT2D eigenvalue weighted by Gasteiger charge is -2.16. The minimum atomic E-state index is -4.77. The van der Waals surface area contributed by atoms with Gasteiger partial charge in [0.05, 0.1) is 6.04 Å². The normalized spacial score (nSPS) is 12.6. The van der Waals surface area contributed by atoms with E-state index in [1.807, 2.05) is 38.4 Å². The van der Waals surface area contributed by atoms with E-state index in [4.69, 9.17) is 0 Å². The van der Waals surface area contributed by atoms with Gasteiger partial charge in [0.1, 0.15) is 15.8 Å². The molecule has 0 aliphatic carbocycles. The molecular weight excluding hydrogens is 441 g/mol. The Bertz CT molecular complexity index is 1050. The Labute approximate surface area is 188 Å². The molecule has 0 aliphatic rings. The summed E-state index contributed by atoms with van der Waals surface area (Å²) >= 11 is 1.21. The fourth-order valence-corrected chi connectivity index (χ4v) is 4.04. The second-order valence-electron chi connectivity index (χ2n) is 7.53. The zero-order valence-corrected chi connectivity index (χ0v) is 18.6. The predicted molar refractivity (Wildman–Crippen MR) is 116 cm³/mol. The number of amides is 1. The van der Waals surface area contributed by atoms with Crippen molar-refractivity contribution in [3.8, 4) is 16.3 Å². The highest BCUT2D eigenvalue weighted by Crippen LogP contribution is 2.32. The van der Waals surface area contributed by atoms with Crippen LogP contribution in [0.4, 0.5) is 13.2 Å². The molecule has 1 heterocycles. The summed E-state index contributed by atoms with van der Waals surface area (Å²) < 4.78 is 41.5. The average Bonchev–Trinajstić information content (AvgIpc) is 3.17. The number of ether oxygens (including phenoxy) is 1. The van der Waals surface area contributed by atoms with Crippen LogP contribution in [0.3, 0.4) is 0 Å². The summed E-state index contributed by atoms with van der Waals surface area (Å²) in [7, 11) is 4.00. The molecule has 1 unspecified atom stereocenters. The Morgan fingerprint density at radius 1 is 1.12 bits per heavy atom. The highest BCUT2D eigenvalue weighted by Gasteiger charge is 2.31. The molecule has 0 saturated heterocycles. The average molecular weight is 465 g/mol. The lowest BCUT2D eigenvalue weighted by Crippen LogP contribution is -2.27. The van der Waals surface area contributed by atoms with Crippen LogP contribution in [0, 0.1) is 0 Å². The van der Waals surface area contributed by atoms with Crippen molar-refractivity contribution in [3.63, 3.8) is 0 Å². The third-order valence-corrected chi connectivity index (χ3v) is 5.48. The van der Waals surface area contributed by atoms with Crippen LogP contribution in [0.2, 0.25) is 0 Å². The Morgan fingerprint density at radius 3 is 2.44 bits per heavy atom. The summed E-state index contributed by atoms with van der Waals surface area (Å²) in [5, 5.41) is 12.2. The molecule has 0 bridgehead atoms. The summed E-state index contributed by atoms with van der Waals surface area (Å²) in [6, 6.07) is 13.3. The predicted octanol–water partition coefficient (Wildman–Crippen LogP) is 4.59. The second-order valence-corrected chi connectivity index (χ2v) is 8.54. The van der Waals surface area contributed by atoms with E-state index < -0.39 is 12.4 Å². The van der Waals surface area contributed by atoms with E-state index >= 15 is 0 Å². The number of nitrogens with one attached hydrogen (secondary N) is 1. The molecule has 1 N–H and O–H groups in total. The zero-order chi connectivity index (χ0) is 23.3. The third kappa shape index (κ3) is 7.03. The topological polar surface area (TPSA) is 67.4 Å². The van der Waals surface area contributed by atoms with Gasteiger partial charge < -0.3 is 15.0 Å². The van der Waals surface area contributed by atoms with Gasteiger partial charge in [-0.05, 0) is 43.8 Å². The number of alkyl halides is 3. The first kappa shape index (κ1) is 23.7. The van der Waals surface area contributed by atoms with Gasteiger partial charge in [-0.25, -0.2) is 0 Å². The third-order valence-electron chi connectivity index (χ3n) is 4.39. The summed E-state index contributed by atoms with van der Waals surface area (Å²) in [6.07, 6.45) is -4.27. The maximum Gasteiger partial charge on any atom is 0.573 e. The maximum absolute atomic E-state index is 12.5. The Balaban J connectivity index is 1.80. The monoisotopic (exact) mass is 464 g/mol. The van der Waals surface area contributed by atoms with Crippen molar-refractivity contribution in [2.75, 3.05) is 14.1 Å². The Hall–Kier alpha value is -2.98. The molecule has 170 valence electrons. The van der Waals surface area contributed by atoms with E-state index in [0.717, 1.165) is 12.1 Å². The Kier molecular flexibility index (Phi) is 7.47. The van der Waals surface area contributed by atoms with Crippen LogP contribution < -0.4 is 10.1 Å². The van der Waals surface area contributed by atoms with E-state index in [9.17, 15) is 18.0 Å². The smallest absolute Gasteiger partial charge is 0.406 e. The van der Waals surface area contributed by atoms with Crippen LogP contribution in [0.15, 0.2) is 48.5 Å². The maximum atomic E-state index is 12.5. The number of hydrogen-bond acceptors (Lipinski definition) is 6. The van der Waals surface area contributed by atoms with E-state index in [-0.39, 0.29) is 11.7 Å². The highest BCUT2D eigenvalue weighted by molar-refractivity contribution is 7.14. The first-order chi connectivity index (χ1) is 15.1. The summed E-state index contributed by atoms with van der Waals surface area (Å²) in [6.45, 7) is 2.25. The molecule has 0 radical (unpaired) electrons. The van der Waals surface area contributed by atoms with Gasteiger partial charge in [0.2, 0.25) is 5.91 Å². The van der Waals surface area contributed by atoms with Gasteiger partial charge in [0, 0.05) is 19.0 Å². The van der Waals surface area contributed by atoms with E-state index in [1.54, 1.807) is 6.07 Å². The highest BCUT2D eigenvalue weighted by atomic mass is 32.1. The van der Waals surface area contributed by atoms with Crippen molar-refractivity contribution in [2.24, 2.45) is 0 Å². The summed E-state index contributed by atoms with van der Waals surface area (Å²) in [4.78, 5) is 13.8. The fraction of sp³-hybridized carbons (Fsp3) is 0.318. The van der Waals surface area contributed by atoms with Crippen molar-refractivity contribution >= 4 is 17.2 Å². The lowest BCUT2D eigenvalue weighted by molar-refractivity contribution is -0.274. The van der Waals surface area contributed by atoms with Gasteiger partial charge in [0.15, 0.2) is 0 Å². The van der Waals surface area contributed by atoms with Gasteiger partial charge >= 0.3 is 6.36 Å². The lowest BCUT2D eigenvalue weighted by atomic mass is 10.0. The van der Waals surface area contributed by atoms with Crippen molar-refractivity contribution < 1.29 is 22.7 Å². The van der Waals surface area contributed by atoms with Crippen LogP contribution in [0.1, 0.15) is 29.1 Å². The van der Waals surface area contributed by atoms with Crippen molar-refractivity contribution in [1.82, 2.24) is 20.4 Å². The molecule has 0 spiro atoms. The van der Waals surface area contributed by atoms with Crippen LogP contribution in [-0.4, -0.2) is 41.5 Å². The summed E-state index contributed by atoms with van der Waals surface area (Å²) in [5.41, 5.74) is 2.64. The molecule has 2 aromatic carbocycles. The second kappa shape index (κ2) is 10.1. The number of rotatable bonds is 8. The number of benzene rings is 2. The zero-order valence-electron chi connectivity index (χ0n) is 17.8. The molecule has 1 aromatic heterocycles. The molecule has 0 aliphatic heterocycles. The number of carbonyl (C=O) groups is 1. The van der Waals surface area contributed by atoms with Crippen LogP contribution in [-0.2, 0) is 17.8 Å². The number of hydrogen-bond donors (Lipinski definition) is 1. The minimum Gasteiger partial charge on any atom is -0.406 e. The summed E-state index contributed by atoms with van der Waals surface area (Å²) in [5.74, 6) is -0.542. The molecule has 1 atom stereocenters. The van der Waals surface area contributed by atoms with E-state index in [2.05, 4.69) is 25.2 Å². The van der Waals surface area contributed by atoms with Gasteiger partial charge in [0.25, 0.3) is 0 Å². The molecule has 0 fully saturated rings. The largest absolute Gasteiger partial charge is 0.573 e. The van der Waals surface area contributed by atoms with Gasteiger partial charge in [-0.3, -0.25) is 4.79 Å². The van der Waals surface area contributed by atoms with E-state index in [0.29, 0.717) is 22.0 Å².